The van der Waals surface area contributed by atoms with Crippen LogP contribution in [0.5, 0.6) is 0 Å². The molecule has 0 radical (unpaired) electrons. The molecule has 7 nitrogen and oxygen atoms in total. The van der Waals surface area contributed by atoms with E-state index in [1.54, 1.807) is 27.9 Å². The standard InChI is InChI=1S/C19H18N4O3/c24-18-11-14(12-23(18)15-5-2-1-3-6-15)21-19(25)17-8-7-16(26-17)13-22-10-4-9-20-22/h1-10,14H,11-13H2,(H,21,25). The molecule has 0 saturated carbocycles. The lowest BCUT2D eigenvalue weighted by Gasteiger charge is -2.16. The molecule has 1 fully saturated rings. The van der Waals surface area contributed by atoms with Crippen molar-refractivity contribution in [2.75, 3.05) is 11.4 Å². The second-order valence-electron chi connectivity index (χ2n) is 6.18. The number of benzene rings is 1. The Morgan fingerprint density at radius 2 is 2.04 bits per heavy atom. The predicted octanol–water partition coefficient (Wildman–Crippen LogP) is 2.06. The summed E-state index contributed by atoms with van der Waals surface area (Å²) in [5.41, 5.74) is 0.841. The van der Waals surface area contributed by atoms with E-state index in [2.05, 4.69) is 10.4 Å². The maximum atomic E-state index is 12.4. The smallest absolute Gasteiger partial charge is 0.287 e. The number of carbonyl (C=O) groups excluding carboxylic acids is 2. The van der Waals surface area contributed by atoms with Gasteiger partial charge in [-0.2, -0.15) is 5.10 Å². The molecule has 3 heterocycles. The van der Waals surface area contributed by atoms with E-state index in [1.807, 2.05) is 42.6 Å². The van der Waals surface area contributed by atoms with Crippen LogP contribution in [0.1, 0.15) is 22.7 Å². The van der Waals surface area contributed by atoms with Crippen LogP contribution in [0, 0.1) is 0 Å². The second kappa shape index (κ2) is 6.87. The van der Waals surface area contributed by atoms with Gasteiger partial charge in [0.25, 0.3) is 5.91 Å². The minimum absolute atomic E-state index is 0.000293. The fraction of sp³-hybridized carbons (Fsp3) is 0.211. The molecule has 0 aliphatic carbocycles. The topological polar surface area (TPSA) is 80.4 Å². The summed E-state index contributed by atoms with van der Waals surface area (Å²) in [7, 11) is 0. The van der Waals surface area contributed by atoms with Crippen molar-refractivity contribution in [2.24, 2.45) is 0 Å². The summed E-state index contributed by atoms with van der Waals surface area (Å²) in [6.45, 7) is 0.916. The maximum Gasteiger partial charge on any atom is 0.287 e. The van der Waals surface area contributed by atoms with Crippen molar-refractivity contribution in [3.05, 3.63) is 72.4 Å². The highest BCUT2D eigenvalue weighted by Crippen LogP contribution is 2.21. The first-order chi connectivity index (χ1) is 12.7. The number of aromatic nitrogens is 2. The van der Waals surface area contributed by atoms with Gasteiger partial charge < -0.3 is 14.6 Å². The summed E-state index contributed by atoms with van der Waals surface area (Å²) in [5.74, 6) is 0.565. The molecule has 1 unspecified atom stereocenters. The Labute approximate surface area is 150 Å². The summed E-state index contributed by atoms with van der Waals surface area (Å²) in [6.07, 6.45) is 3.79. The Hall–Kier alpha value is -3.35. The molecule has 1 aliphatic rings. The summed E-state index contributed by atoms with van der Waals surface area (Å²) in [5, 5.41) is 6.99. The molecular weight excluding hydrogens is 332 g/mol. The van der Waals surface area contributed by atoms with Gasteiger partial charge in [-0.1, -0.05) is 18.2 Å². The van der Waals surface area contributed by atoms with E-state index in [-0.39, 0.29) is 30.0 Å². The zero-order chi connectivity index (χ0) is 17.9. The van der Waals surface area contributed by atoms with Crippen molar-refractivity contribution in [2.45, 2.75) is 19.0 Å². The van der Waals surface area contributed by atoms with Crippen molar-refractivity contribution in [3.63, 3.8) is 0 Å². The van der Waals surface area contributed by atoms with Crippen molar-refractivity contribution in [3.8, 4) is 0 Å². The summed E-state index contributed by atoms with van der Waals surface area (Å²) in [4.78, 5) is 26.3. The molecule has 2 amide bonds. The largest absolute Gasteiger partial charge is 0.454 e. The molecule has 1 aromatic carbocycles. The monoisotopic (exact) mass is 350 g/mol. The lowest BCUT2D eigenvalue weighted by atomic mass is 10.2. The maximum absolute atomic E-state index is 12.4. The van der Waals surface area contributed by atoms with Gasteiger partial charge in [0.2, 0.25) is 5.91 Å². The minimum Gasteiger partial charge on any atom is -0.454 e. The molecule has 7 heteroatoms. The van der Waals surface area contributed by atoms with Gasteiger partial charge in [0.15, 0.2) is 5.76 Å². The van der Waals surface area contributed by atoms with Crippen LogP contribution in [0.15, 0.2) is 65.3 Å². The number of anilines is 1. The van der Waals surface area contributed by atoms with Crippen LogP contribution < -0.4 is 10.2 Å². The predicted molar refractivity (Wildman–Crippen MR) is 94.7 cm³/mol. The summed E-state index contributed by atoms with van der Waals surface area (Å²) < 4.78 is 7.31. The molecule has 3 aromatic rings. The molecule has 1 N–H and O–H groups in total. The lowest BCUT2D eigenvalue weighted by molar-refractivity contribution is -0.117. The van der Waals surface area contributed by atoms with E-state index in [4.69, 9.17) is 4.42 Å². The summed E-state index contributed by atoms with van der Waals surface area (Å²) >= 11 is 0. The molecule has 1 saturated heterocycles. The number of nitrogens with one attached hydrogen (secondary N) is 1. The third kappa shape index (κ3) is 3.37. The zero-order valence-corrected chi connectivity index (χ0v) is 14.0. The number of hydrogen-bond donors (Lipinski definition) is 1. The van der Waals surface area contributed by atoms with Crippen LogP contribution in [0.25, 0.3) is 0 Å². The molecule has 0 bridgehead atoms. The molecule has 132 valence electrons. The normalized spacial score (nSPS) is 16.8. The van der Waals surface area contributed by atoms with Crippen LogP contribution in [-0.2, 0) is 11.3 Å². The highest BCUT2D eigenvalue weighted by molar-refractivity contribution is 5.98. The van der Waals surface area contributed by atoms with Gasteiger partial charge in [-0.25, -0.2) is 0 Å². The van der Waals surface area contributed by atoms with E-state index in [0.717, 1.165) is 5.69 Å². The van der Waals surface area contributed by atoms with E-state index in [9.17, 15) is 9.59 Å². The Morgan fingerprint density at radius 3 is 2.81 bits per heavy atom. The van der Waals surface area contributed by atoms with Crippen LogP contribution in [0.2, 0.25) is 0 Å². The van der Waals surface area contributed by atoms with Crippen molar-refractivity contribution in [1.82, 2.24) is 15.1 Å². The SMILES string of the molecule is O=C(NC1CC(=O)N(c2ccccc2)C1)c1ccc(Cn2cccn2)o1. The van der Waals surface area contributed by atoms with E-state index in [0.29, 0.717) is 18.8 Å². The third-order valence-corrected chi connectivity index (χ3v) is 4.29. The lowest BCUT2D eigenvalue weighted by Crippen LogP contribution is -2.37. The van der Waals surface area contributed by atoms with Gasteiger partial charge in [-0.05, 0) is 30.3 Å². The first-order valence-corrected chi connectivity index (χ1v) is 8.41. The van der Waals surface area contributed by atoms with Crippen LogP contribution in [-0.4, -0.2) is 34.2 Å². The molecule has 1 aliphatic heterocycles. The molecule has 1 atom stereocenters. The molecule has 26 heavy (non-hydrogen) atoms. The Morgan fingerprint density at radius 1 is 1.19 bits per heavy atom. The van der Waals surface area contributed by atoms with Crippen LogP contribution >= 0.6 is 0 Å². The minimum atomic E-state index is -0.315. The number of furan rings is 1. The third-order valence-electron chi connectivity index (χ3n) is 4.29. The number of nitrogens with zero attached hydrogens (tertiary/aromatic N) is 3. The zero-order valence-electron chi connectivity index (χ0n) is 14.0. The molecule has 0 spiro atoms. The highest BCUT2D eigenvalue weighted by Gasteiger charge is 2.32. The molecular formula is C19H18N4O3. The number of carbonyl (C=O) groups is 2. The fourth-order valence-electron chi connectivity index (χ4n) is 3.06. The second-order valence-corrected chi connectivity index (χ2v) is 6.18. The van der Waals surface area contributed by atoms with E-state index in [1.165, 1.54) is 0 Å². The average Bonchev–Trinajstić information content (AvgIpc) is 3.38. The van der Waals surface area contributed by atoms with Crippen LogP contribution in [0.3, 0.4) is 0 Å². The van der Waals surface area contributed by atoms with Gasteiger partial charge >= 0.3 is 0 Å². The van der Waals surface area contributed by atoms with Crippen molar-refractivity contribution in [1.29, 1.82) is 0 Å². The number of rotatable bonds is 5. The van der Waals surface area contributed by atoms with E-state index < -0.39 is 0 Å². The van der Waals surface area contributed by atoms with Gasteiger partial charge in [0, 0.05) is 31.0 Å². The van der Waals surface area contributed by atoms with Gasteiger partial charge in [-0.3, -0.25) is 14.3 Å². The number of amides is 2. The Balaban J connectivity index is 1.38. The fourth-order valence-corrected chi connectivity index (χ4v) is 3.06. The van der Waals surface area contributed by atoms with E-state index >= 15 is 0 Å². The van der Waals surface area contributed by atoms with Gasteiger partial charge in [0.1, 0.15) is 5.76 Å². The van der Waals surface area contributed by atoms with Crippen molar-refractivity contribution < 1.29 is 14.0 Å². The van der Waals surface area contributed by atoms with Crippen LogP contribution in [0.4, 0.5) is 5.69 Å². The Bertz CT molecular complexity index is 902. The summed E-state index contributed by atoms with van der Waals surface area (Å²) in [6, 6.07) is 14.4. The number of para-hydroxylation sites is 1. The molecule has 4 rings (SSSR count). The average molecular weight is 350 g/mol. The Kier molecular flexibility index (Phi) is 4.27. The quantitative estimate of drug-likeness (QED) is 0.764. The van der Waals surface area contributed by atoms with Crippen molar-refractivity contribution >= 4 is 17.5 Å². The molecule has 2 aromatic heterocycles. The first kappa shape index (κ1) is 16.1. The first-order valence-electron chi connectivity index (χ1n) is 8.41. The van der Waals surface area contributed by atoms with Gasteiger partial charge in [0.05, 0.1) is 12.6 Å². The van der Waals surface area contributed by atoms with Gasteiger partial charge in [-0.15, -0.1) is 0 Å². The highest BCUT2D eigenvalue weighted by atomic mass is 16.4. The number of hydrogen-bond acceptors (Lipinski definition) is 4.